The number of hydrogen-bond acceptors (Lipinski definition) is 6. The Bertz CT molecular complexity index is 1380. The van der Waals surface area contributed by atoms with Crippen molar-refractivity contribution in [2.45, 2.75) is 25.1 Å². The Morgan fingerprint density at radius 1 is 0.889 bits per heavy atom. The molecule has 10 heteroatoms. The van der Waals surface area contributed by atoms with Gasteiger partial charge in [-0.15, -0.1) is 0 Å². The number of aromatic nitrogens is 4. The third kappa shape index (κ3) is 4.28. The molecule has 0 saturated carbocycles. The molecule has 0 N–H and O–H groups in total. The van der Waals surface area contributed by atoms with Gasteiger partial charge < -0.3 is 9.80 Å². The van der Waals surface area contributed by atoms with Crippen LogP contribution in [0, 0.1) is 0 Å². The van der Waals surface area contributed by atoms with Crippen LogP contribution in [0.3, 0.4) is 0 Å². The zero-order chi connectivity index (χ0) is 24.9. The van der Waals surface area contributed by atoms with E-state index in [0.717, 1.165) is 69.9 Å². The van der Waals surface area contributed by atoms with Crippen molar-refractivity contribution in [2.75, 3.05) is 51.2 Å². The zero-order valence-electron chi connectivity index (χ0n) is 20.1. The molecule has 6 rings (SSSR count). The van der Waals surface area contributed by atoms with Crippen molar-refractivity contribution >= 4 is 22.2 Å². The lowest BCUT2D eigenvalue weighted by Gasteiger charge is -2.42. The summed E-state index contributed by atoms with van der Waals surface area (Å²) in [4.78, 5) is 16.3. The van der Waals surface area contributed by atoms with Gasteiger partial charge in [-0.05, 0) is 49.7 Å². The standard InChI is InChI=1S/C26H28F3N7/c1-33-10-12-35(13-11-33)19-5-8-34(9-6-19)20-15-31-25-23(16-32-36(25)17-20)21-4-7-30-24-3-2-18(14-22(21)24)26(27,28)29/h2-4,7,14-17,19H,5-6,8-13H2,1H3. The highest BCUT2D eigenvalue weighted by Crippen LogP contribution is 2.36. The molecule has 2 saturated heterocycles. The van der Waals surface area contributed by atoms with Crippen molar-refractivity contribution in [1.29, 1.82) is 0 Å². The fourth-order valence-electron chi connectivity index (χ4n) is 5.45. The first kappa shape index (κ1) is 23.2. The average Bonchev–Trinajstić information content (AvgIpc) is 3.31. The number of pyridine rings is 1. The highest BCUT2D eigenvalue weighted by molar-refractivity contribution is 5.98. The van der Waals surface area contributed by atoms with Gasteiger partial charge in [0.05, 0.1) is 35.4 Å². The molecular formula is C26H28F3N7. The number of anilines is 1. The van der Waals surface area contributed by atoms with Crippen molar-refractivity contribution in [2.24, 2.45) is 0 Å². The van der Waals surface area contributed by atoms with Crippen LogP contribution >= 0.6 is 0 Å². The molecule has 2 aliphatic heterocycles. The van der Waals surface area contributed by atoms with Crippen LogP contribution in [0.5, 0.6) is 0 Å². The van der Waals surface area contributed by atoms with Crippen molar-refractivity contribution in [3.63, 3.8) is 0 Å². The summed E-state index contributed by atoms with van der Waals surface area (Å²) in [6.45, 7) is 6.47. The predicted octanol–water partition coefficient (Wildman–Crippen LogP) is 4.18. The molecule has 7 nitrogen and oxygen atoms in total. The van der Waals surface area contributed by atoms with E-state index in [-0.39, 0.29) is 0 Å². The first-order valence-corrected chi connectivity index (χ1v) is 12.3. The predicted molar refractivity (Wildman–Crippen MR) is 133 cm³/mol. The summed E-state index contributed by atoms with van der Waals surface area (Å²) < 4.78 is 41.8. The fraction of sp³-hybridized carbons (Fsp3) is 0.423. The summed E-state index contributed by atoms with van der Waals surface area (Å²) in [7, 11) is 2.18. The van der Waals surface area contributed by atoms with Crippen LogP contribution in [0.25, 0.3) is 27.7 Å². The minimum atomic E-state index is -4.42. The number of alkyl halides is 3. The van der Waals surface area contributed by atoms with Gasteiger partial charge in [-0.1, -0.05) is 0 Å². The number of rotatable bonds is 3. The molecule has 188 valence electrons. The maximum absolute atomic E-state index is 13.4. The number of piperazine rings is 1. The van der Waals surface area contributed by atoms with E-state index in [9.17, 15) is 13.2 Å². The van der Waals surface area contributed by atoms with Gasteiger partial charge in [0.15, 0.2) is 5.65 Å². The number of hydrogen-bond donors (Lipinski definition) is 0. The van der Waals surface area contributed by atoms with E-state index in [1.54, 1.807) is 23.0 Å². The summed E-state index contributed by atoms with van der Waals surface area (Å²) in [5, 5.41) is 4.93. The lowest BCUT2D eigenvalue weighted by molar-refractivity contribution is -0.137. The smallest absolute Gasteiger partial charge is 0.369 e. The molecule has 2 aliphatic rings. The van der Waals surface area contributed by atoms with Crippen LogP contribution in [0.1, 0.15) is 18.4 Å². The number of fused-ring (bicyclic) bond motifs is 2. The summed E-state index contributed by atoms with van der Waals surface area (Å²) in [6.07, 6.45) is 4.91. The maximum Gasteiger partial charge on any atom is 0.416 e. The molecule has 4 aromatic rings. The number of halogens is 3. The number of nitrogens with zero attached hydrogens (tertiary/aromatic N) is 7. The minimum Gasteiger partial charge on any atom is -0.369 e. The van der Waals surface area contributed by atoms with Crippen molar-refractivity contribution in [1.82, 2.24) is 29.4 Å². The van der Waals surface area contributed by atoms with E-state index in [0.29, 0.717) is 33.7 Å². The van der Waals surface area contributed by atoms with Gasteiger partial charge in [-0.2, -0.15) is 18.3 Å². The highest BCUT2D eigenvalue weighted by Gasteiger charge is 2.31. The SMILES string of the molecule is CN1CCN(C2CCN(c3cnc4c(-c5ccnc6ccc(C(F)(F)F)cc56)cnn4c3)CC2)CC1. The van der Waals surface area contributed by atoms with Gasteiger partial charge in [0.1, 0.15) is 0 Å². The number of piperidine rings is 1. The first-order chi connectivity index (χ1) is 17.4. The lowest BCUT2D eigenvalue weighted by atomic mass is 10.0. The van der Waals surface area contributed by atoms with Gasteiger partial charge in [0.2, 0.25) is 0 Å². The molecule has 0 bridgehead atoms. The van der Waals surface area contributed by atoms with Gasteiger partial charge in [0, 0.05) is 62.5 Å². The summed E-state index contributed by atoms with van der Waals surface area (Å²) in [6, 6.07) is 5.97. The third-order valence-corrected chi connectivity index (χ3v) is 7.59. The van der Waals surface area contributed by atoms with Crippen LogP contribution in [-0.4, -0.2) is 81.7 Å². The Morgan fingerprint density at radius 3 is 2.42 bits per heavy atom. The topological polar surface area (TPSA) is 52.8 Å². The molecule has 0 spiro atoms. The molecule has 0 atom stereocenters. The maximum atomic E-state index is 13.4. The van der Waals surface area contributed by atoms with Crippen LogP contribution in [0.15, 0.2) is 49.1 Å². The Morgan fingerprint density at radius 2 is 1.67 bits per heavy atom. The van der Waals surface area contributed by atoms with E-state index >= 15 is 0 Å². The third-order valence-electron chi connectivity index (χ3n) is 7.59. The van der Waals surface area contributed by atoms with Crippen molar-refractivity contribution < 1.29 is 13.2 Å². The van der Waals surface area contributed by atoms with E-state index in [4.69, 9.17) is 0 Å². The fourth-order valence-corrected chi connectivity index (χ4v) is 5.45. The van der Waals surface area contributed by atoms with Crippen LogP contribution in [-0.2, 0) is 6.18 Å². The van der Waals surface area contributed by atoms with Gasteiger partial charge in [0.25, 0.3) is 0 Å². The Balaban J connectivity index is 1.25. The summed E-state index contributed by atoms with van der Waals surface area (Å²) >= 11 is 0. The molecule has 3 aromatic heterocycles. The Hall–Kier alpha value is -3.24. The molecular weight excluding hydrogens is 467 g/mol. The highest BCUT2D eigenvalue weighted by atomic mass is 19.4. The van der Waals surface area contributed by atoms with Crippen LogP contribution in [0.4, 0.5) is 18.9 Å². The quantitative estimate of drug-likeness (QED) is 0.425. The second-order valence-corrected chi connectivity index (χ2v) is 9.78. The van der Waals surface area contributed by atoms with Crippen LogP contribution < -0.4 is 4.90 Å². The van der Waals surface area contributed by atoms with Crippen molar-refractivity contribution in [3.8, 4) is 11.1 Å². The van der Waals surface area contributed by atoms with Gasteiger partial charge >= 0.3 is 6.18 Å². The van der Waals surface area contributed by atoms with E-state index < -0.39 is 11.7 Å². The normalized spacial score (nSPS) is 18.9. The van der Waals surface area contributed by atoms with Crippen LogP contribution in [0.2, 0.25) is 0 Å². The summed E-state index contributed by atoms with van der Waals surface area (Å²) in [5.41, 5.74) is 2.73. The minimum absolute atomic E-state index is 0.430. The monoisotopic (exact) mass is 495 g/mol. The zero-order valence-corrected chi connectivity index (χ0v) is 20.1. The van der Waals surface area contributed by atoms with E-state index in [1.807, 2.05) is 12.4 Å². The number of benzene rings is 1. The molecule has 2 fully saturated rings. The van der Waals surface area contributed by atoms with Crippen molar-refractivity contribution in [3.05, 3.63) is 54.6 Å². The lowest BCUT2D eigenvalue weighted by Crippen LogP contribution is -2.52. The molecule has 5 heterocycles. The summed E-state index contributed by atoms with van der Waals surface area (Å²) in [5.74, 6) is 0. The van der Waals surface area contributed by atoms with E-state index in [1.165, 1.54) is 6.07 Å². The van der Waals surface area contributed by atoms with Gasteiger partial charge in [-0.25, -0.2) is 9.50 Å². The van der Waals surface area contributed by atoms with Gasteiger partial charge in [-0.3, -0.25) is 9.88 Å². The second-order valence-electron chi connectivity index (χ2n) is 9.78. The Labute approximate surface area is 207 Å². The number of likely N-dealkylation sites (N-methyl/N-ethyl adjacent to an activating group) is 1. The second kappa shape index (κ2) is 9.01. The molecule has 36 heavy (non-hydrogen) atoms. The average molecular weight is 496 g/mol. The van der Waals surface area contributed by atoms with E-state index in [2.05, 4.69) is 36.8 Å². The molecule has 0 amide bonds. The largest absolute Gasteiger partial charge is 0.416 e. The first-order valence-electron chi connectivity index (χ1n) is 12.3. The Kier molecular flexibility index (Phi) is 5.80. The molecule has 0 aliphatic carbocycles. The molecule has 0 radical (unpaired) electrons. The molecule has 1 aromatic carbocycles. The molecule has 0 unspecified atom stereocenters.